The molecule has 1 atom stereocenters. The Morgan fingerprint density at radius 2 is 1.88 bits per heavy atom. The largest absolute Gasteiger partial charge is 0.492 e. The lowest BCUT2D eigenvalue weighted by Gasteiger charge is -2.26. The topological polar surface area (TPSA) is 12.5 Å². The summed E-state index contributed by atoms with van der Waals surface area (Å²) in [7, 11) is 0. The van der Waals surface area contributed by atoms with E-state index < -0.39 is 0 Å². The van der Waals surface area contributed by atoms with Gasteiger partial charge in [-0.15, -0.1) is 0 Å². The van der Waals surface area contributed by atoms with E-state index in [1.165, 1.54) is 6.42 Å². The van der Waals surface area contributed by atoms with E-state index in [0.717, 1.165) is 29.9 Å². The third-order valence-electron chi connectivity index (χ3n) is 3.08. The van der Waals surface area contributed by atoms with Crippen LogP contribution in [-0.2, 0) is 0 Å². The van der Waals surface area contributed by atoms with Crippen molar-refractivity contribution in [1.29, 1.82) is 0 Å². The summed E-state index contributed by atoms with van der Waals surface area (Å²) >= 11 is 3.41. The molecule has 96 valence electrons. The van der Waals surface area contributed by atoms with Gasteiger partial charge in [0, 0.05) is 17.1 Å². The minimum atomic E-state index is 0.633. The summed E-state index contributed by atoms with van der Waals surface area (Å²) in [6, 6.07) is 8.62. The van der Waals surface area contributed by atoms with Crippen LogP contribution in [0.4, 0.5) is 0 Å². The number of ether oxygens (including phenoxy) is 1. The Kier molecular flexibility index (Phi) is 6.60. The molecule has 1 unspecified atom stereocenters. The predicted octanol–water partition coefficient (Wildman–Crippen LogP) is 3.95. The number of benzene rings is 1. The summed E-state index contributed by atoms with van der Waals surface area (Å²) in [4.78, 5) is 2.44. The van der Waals surface area contributed by atoms with E-state index in [-0.39, 0.29) is 0 Å². The smallest absolute Gasteiger partial charge is 0.119 e. The zero-order valence-corrected chi connectivity index (χ0v) is 12.5. The minimum absolute atomic E-state index is 0.633. The van der Waals surface area contributed by atoms with Crippen LogP contribution in [0.25, 0.3) is 0 Å². The average molecular weight is 300 g/mol. The normalized spacial score (nSPS) is 12.8. The molecular formula is C14H22BrNO. The third-order valence-corrected chi connectivity index (χ3v) is 3.61. The predicted molar refractivity (Wildman–Crippen MR) is 76.6 cm³/mol. The van der Waals surface area contributed by atoms with Crippen molar-refractivity contribution in [2.75, 3.05) is 19.7 Å². The van der Waals surface area contributed by atoms with Gasteiger partial charge in [0.1, 0.15) is 12.4 Å². The molecule has 0 amide bonds. The van der Waals surface area contributed by atoms with Gasteiger partial charge in [-0.25, -0.2) is 0 Å². The number of hydrogen-bond acceptors (Lipinski definition) is 2. The molecule has 2 nitrogen and oxygen atoms in total. The van der Waals surface area contributed by atoms with Gasteiger partial charge in [0.25, 0.3) is 0 Å². The van der Waals surface area contributed by atoms with Crippen molar-refractivity contribution < 1.29 is 4.74 Å². The highest BCUT2D eigenvalue weighted by Crippen LogP contribution is 2.16. The molecule has 0 aliphatic carbocycles. The van der Waals surface area contributed by atoms with Crippen LogP contribution in [0.3, 0.4) is 0 Å². The van der Waals surface area contributed by atoms with Crippen molar-refractivity contribution >= 4 is 15.9 Å². The average Bonchev–Trinajstić information content (AvgIpc) is 2.36. The number of rotatable bonds is 7. The van der Waals surface area contributed by atoms with Crippen LogP contribution in [-0.4, -0.2) is 30.6 Å². The fourth-order valence-electron chi connectivity index (χ4n) is 1.76. The summed E-state index contributed by atoms with van der Waals surface area (Å²) in [5.74, 6) is 0.938. The molecular weight excluding hydrogens is 278 g/mol. The van der Waals surface area contributed by atoms with Crippen LogP contribution < -0.4 is 4.74 Å². The molecule has 0 aromatic heterocycles. The lowest BCUT2D eigenvalue weighted by atomic mass is 10.2. The van der Waals surface area contributed by atoms with Gasteiger partial charge in [-0.2, -0.15) is 0 Å². The zero-order valence-electron chi connectivity index (χ0n) is 10.9. The fraction of sp³-hybridized carbons (Fsp3) is 0.571. The highest BCUT2D eigenvalue weighted by molar-refractivity contribution is 9.10. The van der Waals surface area contributed by atoms with Crippen molar-refractivity contribution in [2.24, 2.45) is 0 Å². The minimum Gasteiger partial charge on any atom is -0.492 e. The maximum absolute atomic E-state index is 5.73. The van der Waals surface area contributed by atoms with Crippen LogP contribution in [0, 0.1) is 0 Å². The van der Waals surface area contributed by atoms with E-state index in [9.17, 15) is 0 Å². The molecule has 1 aromatic rings. The van der Waals surface area contributed by atoms with Crippen molar-refractivity contribution in [3.63, 3.8) is 0 Å². The molecule has 1 rings (SSSR count). The van der Waals surface area contributed by atoms with Gasteiger partial charge in [0.15, 0.2) is 0 Å². The SMILES string of the molecule is CCC(C)N(CC)CCOc1ccc(Br)cc1. The van der Waals surface area contributed by atoms with Crippen molar-refractivity contribution in [2.45, 2.75) is 33.2 Å². The summed E-state index contributed by atoms with van der Waals surface area (Å²) in [5, 5.41) is 0. The number of halogens is 1. The lowest BCUT2D eigenvalue weighted by molar-refractivity contribution is 0.171. The monoisotopic (exact) mass is 299 g/mol. The summed E-state index contributed by atoms with van der Waals surface area (Å²) in [6.07, 6.45) is 1.19. The summed E-state index contributed by atoms with van der Waals surface area (Å²) < 4.78 is 6.81. The van der Waals surface area contributed by atoms with Crippen molar-refractivity contribution in [3.8, 4) is 5.75 Å². The first-order chi connectivity index (χ1) is 8.17. The number of nitrogens with zero attached hydrogens (tertiary/aromatic N) is 1. The zero-order chi connectivity index (χ0) is 12.7. The maximum Gasteiger partial charge on any atom is 0.119 e. The van der Waals surface area contributed by atoms with E-state index in [0.29, 0.717) is 6.04 Å². The van der Waals surface area contributed by atoms with Gasteiger partial charge in [0.05, 0.1) is 0 Å². The standard InChI is InChI=1S/C14H22BrNO/c1-4-12(3)16(5-2)10-11-17-14-8-6-13(15)7-9-14/h6-9,12H,4-5,10-11H2,1-3H3. The van der Waals surface area contributed by atoms with E-state index >= 15 is 0 Å². The van der Waals surface area contributed by atoms with Gasteiger partial charge in [-0.3, -0.25) is 4.90 Å². The molecule has 0 aliphatic rings. The van der Waals surface area contributed by atoms with Gasteiger partial charge in [-0.05, 0) is 44.2 Å². The first kappa shape index (κ1) is 14.5. The van der Waals surface area contributed by atoms with Crippen molar-refractivity contribution in [1.82, 2.24) is 4.90 Å². The van der Waals surface area contributed by atoms with Crippen LogP contribution >= 0.6 is 15.9 Å². The van der Waals surface area contributed by atoms with Gasteiger partial charge in [-0.1, -0.05) is 29.8 Å². The maximum atomic E-state index is 5.73. The molecule has 0 N–H and O–H groups in total. The van der Waals surface area contributed by atoms with Gasteiger partial charge in [0.2, 0.25) is 0 Å². The quantitative estimate of drug-likeness (QED) is 0.756. The molecule has 0 bridgehead atoms. The first-order valence-corrected chi connectivity index (χ1v) is 7.09. The summed E-state index contributed by atoms with van der Waals surface area (Å²) in [5.41, 5.74) is 0. The Morgan fingerprint density at radius 3 is 2.41 bits per heavy atom. The first-order valence-electron chi connectivity index (χ1n) is 6.29. The van der Waals surface area contributed by atoms with Crippen molar-refractivity contribution in [3.05, 3.63) is 28.7 Å². The van der Waals surface area contributed by atoms with Gasteiger partial charge < -0.3 is 4.74 Å². The van der Waals surface area contributed by atoms with E-state index in [2.05, 4.69) is 41.6 Å². The second-order valence-corrected chi connectivity index (χ2v) is 5.10. The second kappa shape index (κ2) is 7.72. The highest BCUT2D eigenvalue weighted by atomic mass is 79.9. The Hall–Kier alpha value is -0.540. The molecule has 0 saturated heterocycles. The molecule has 0 aliphatic heterocycles. The summed E-state index contributed by atoms with van der Waals surface area (Å²) in [6.45, 7) is 9.51. The van der Waals surface area contributed by atoms with Crippen LogP contribution in [0.1, 0.15) is 27.2 Å². The number of hydrogen-bond donors (Lipinski definition) is 0. The Morgan fingerprint density at radius 1 is 1.24 bits per heavy atom. The Balaban J connectivity index is 2.33. The van der Waals surface area contributed by atoms with E-state index in [1.54, 1.807) is 0 Å². The highest BCUT2D eigenvalue weighted by Gasteiger charge is 2.09. The van der Waals surface area contributed by atoms with Crippen LogP contribution in [0.5, 0.6) is 5.75 Å². The number of likely N-dealkylation sites (N-methyl/N-ethyl adjacent to an activating group) is 1. The van der Waals surface area contributed by atoms with E-state index in [4.69, 9.17) is 4.74 Å². The Labute approximate surface area is 113 Å². The fourth-order valence-corrected chi connectivity index (χ4v) is 2.02. The Bertz CT molecular complexity index is 313. The molecule has 0 heterocycles. The van der Waals surface area contributed by atoms with Crippen LogP contribution in [0.15, 0.2) is 28.7 Å². The van der Waals surface area contributed by atoms with Gasteiger partial charge >= 0.3 is 0 Å². The molecule has 0 saturated carbocycles. The molecule has 17 heavy (non-hydrogen) atoms. The lowest BCUT2D eigenvalue weighted by Crippen LogP contribution is -2.35. The van der Waals surface area contributed by atoms with E-state index in [1.807, 2.05) is 24.3 Å². The molecule has 0 fully saturated rings. The molecule has 1 aromatic carbocycles. The molecule has 0 radical (unpaired) electrons. The molecule has 3 heteroatoms. The molecule has 0 spiro atoms. The second-order valence-electron chi connectivity index (χ2n) is 4.19. The van der Waals surface area contributed by atoms with Crippen LogP contribution in [0.2, 0.25) is 0 Å². The third kappa shape index (κ3) is 5.09.